The lowest BCUT2D eigenvalue weighted by Crippen LogP contribution is -2.01. The van der Waals surface area contributed by atoms with Gasteiger partial charge in [-0.2, -0.15) is 8.42 Å². The Morgan fingerprint density at radius 3 is 2.11 bits per heavy atom. The summed E-state index contributed by atoms with van der Waals surface area (Å²) < 4.78 is 31.1. The molecule has 0 aliphatic carbocycles. The molecule has 0 heterocycles. The second-order valence-corrected chi connectivity index (χ2v) is 5.83. The Bertz CT molecular complexity index is 739. The van der Waals surface area contributed by atoms with Gasteiger partial charge in [-0.3, -0.25) is 4.79 Å². The maximum absolute atomic E-state index is 10.8. The van der Waals surface area contributed by atoms with Crippen molar-refractivity contribution in [2.45, 2.75) is 6.92 Å². The molecule has 0 unspecified atom stereocenters. The number of fused-ring (bicyclic) bond motifs is 1. The van der Waals surface area contributed by atoms with Crippen LogP contribution in [0.3, 0.4) is 0 Å². The van der Waals surface area contributed by atoms with E-state index in [1.807, 2.05) is 0 Å². The SMILES string of the molecule is CC(=O)Oc1ccc2cc(OS(=O)(=O)Cl)ccc2c1. The summed E-state index contributed by atoms with van der Waals surface area (Å²) in [5.74, 6) is 0.119. The number of halogens is 1. The molecule has 0 N–H and O–H groups in total. The van der Waals surface area contributed by atoms with Crippen LogP contribution < -0.4 is 8.92 Å². The highest BCUT2D eigenvalue weighted by Gasteiger charge is 2.08. The largest absolute Gasteiger partial charge is 0.427 e. The fourth-order valence-electron chi connectivity index (χ4n) is 1.60. The molecular formula is C12H9ClO5S. The molecule has 0 spiro atoms. The normalized spacial score (nSPS) is 11.3. The van der Waals surface area contributed by atoms with Gasteiger partial charge in [-0.15, -0.1) is 0 Å². The van der Waals surface area contributed by atoms with Crippen molar-refractivity contribution >= 4 is 36.8 Å². The first kappa shape index (κ1) is 13.6. The van der Waals surface area contributed by atoms with E-state index in [4.69, 9.17) is 15.4 Å². The van der Waals surface area contributed by atoms with Gasteiger partial charge in [0.25, 0.3) is 0 Å². The molecule has 0 saturated heterocycles. The summed E-state index contributed by atoms with van der Waals surface area (Å²) >= 11 is 0. The van der Waals surface area contributed by atoms with Crippen LogP contribution >= 0.6 is 10.7 Å². The monoisotopic (exact) mass is 300 g/mol. The zero-order valence-corrected chi connectivity index (χ0v) is 11.4. The highest BCUT2D eigenvalue weighted by Crippen LogP contribution is 2.26. The number of esters is 1. The van der Waals surface area contributed by atoms with Crippen molar-refractivity contribution in [2.24, 2.45) is 0 Å². The molecule has 100 valence electrons. The molecule has 0 aromatic heterocycles. The third kappa shape index (κ3) is 3.84. The van der Waals surface area contributed by atoms with Crippen LogP contribution in [0.15, 0.2) is 36.4 Å². The second-order valence-electron chi connectivity index (χ2n) is 3.74. The molecule has 0 amide bonds. The molecule has 0 aliphatic heterocycles. The Balaban J connectivity index is 2.37. The average Bonchev–Trinajstić information content (AvgIpc) is 2.26. The van der Waals surface area contributed by atoms with E-state index in [2.05, 4.69) is 4.18 Å². The molecule has 0 saturated carbocycles. The Kier molecular flexibility index (Phi) is 3.64. The van der Waals surface area contributed by atoms with Crippen molar-refractivity contribution in [3.05, 3.63) is 36.4 Å². The van der Waals surface area contributed by atoms with Gasteiger partial charge in [0.05, 0.1) is 10.7 Å². The van der Waals surface area contributed by atoms with Crippen molar-refractivity contribution in [1.29, 1.82) is 0 Å². The molecule has 0 aliphatic rings. The Morgan fingerprint density at radius 1 is 1.05 bits per heavy atom. The van der Waals surface area contributed by atoms with Gasteiger partial charge in [0.2, 0.25) is 0 Å². The first-order valence-corrected chi connectivity index (χ1v) is 7.43. The molecule has 0 bridgehead atoms. The standard InChI is InChI=1S/C12H9ClO5S/c1-8(14)17-11-4-2-10-7-12(18-19(13,15)16)5-3-9(10)6-11/h2-7H,1H3. The van der Waals surface area contributed by atoms with E-state index in [9.17, 15) is 13.2 Å². The molecule has 0 radical (unpaired) electrons. The van der Waals surface area contributed by atoms with Crippen LogP contribution in [0.2, 0.25) is 0 Å². The maximum Gasteiger partial charge on any atom is 0.401 e. The molecule has 5 nitrogen and oxygen atoms in total. The highest BCUT2D eigenvalue weighted by atomic mass is 35.7. The van der Waals surface area contributed by atoms with Gasteiger partial charge in [0.1, 0.15) is 11.5 Å². The van der Waals surface area contributed by atoms with Gasteiger partial charge >= 0.3 is 15.3 Å². The maximum atomic E-state index is 10.8. The molecular weight excluding hydrogens is 292 g/mol. The number of rotatable bonds is 3. The third-order valence-electron chi connectivity index (χ3n) is 2.24. The fourth-order valence-corrected chi connectivity index (χ4v) is 2.15. The number of hydrogen-bond donors (Lipinski definition) is 0. The van der Waals surface area contributed by atoms with E-state index in [-0.39, 0.29) is 5.75 Å². The lowest BCUT2D eigenvalue weighted by atomic mass is 10.1. The van der Waals surface area contributed by atoms with Gasteiger partial charge in [-0.1, -0.05) is 12.1 Å². The summed E-state index contributed by atoms with van der Waals surface area (Å²) in [6.45, 7) is 1.31. The summed E-state index contributed by atoms with van der Waals surface area (Å²) in [6, 6.07) is 9.56. The van der Waals surface area contributed by atoms with E-state index >= 15 is 0 Å². The van der Waals surface area contributed by atoms with Crippen molar-refractivity contribution in [2.75, 3.05) is 0 Å². The van der Waals surface area contributed by atoms with Gasteiger partial charge in [-0.05, 0) is 35.0 Å². The minimum atomic E-state index is -4.07. The number of carbonyl (C=O) groups excluding carboxylic acids is 1. The predicted octanol–water partition coefficient (Wildman–Crippen LogP) is 2.63. The van der Waals surface area contributed by atoms with Crippen LogP contribution in [0.25, 0.3) is 10.8 Å². The molecule has 0 fully saturated rings. The van der Waals surface area contributed by atoms with Crippen LogP contribution in [0, 0.1) is 0 Å². The van der Waals surface area contributed by atoms with Crippen molar-refractivity contribution in [1.82, 2.24) is 0 Å². The van der Waals surface area contributed by atoms with E-state index in [1.54, 1.807) is 24.3 Å². The van der Waals surface area contributed by atoms with Crippen molar-refractivity contribution in [3.63, 3.8) is 0 Å². The van der Waals surface area contributed by atoms with Gasteiger partial charge in [-0.25, -0.2) is 0 Å². The zero-order valence-electron chi connectivity index (χ0n) is 9.79. The second kappa shape index (κ2) is 5.07. The summed E-state index contributed by atoms with van der Waals surface area (Å²) in [5.41, 5.74) is 0. The molecule has 7 heteroatoms. The molecule has 19 heavy (non-hydrogen) atoms. The molecule has 0 atom stereocenters. The molecule has 2 rings (SSSR count). The summed E-state index contributed by atoms with van der Waals surface area (Å²) in [5, 5.41) is 1.51. The quantitative estimate of drug-likeness (QED) is 0.495. The van der Waals surface area contributed by atoms with E-state index in [0.29, 0.717) is 5.75 Å². The lowest BCUT2D eigenvalue weighted by molar-refractivity contribution is -0.131. The van der Waals surface area contributed by atoms with E-state index in [0.717, 1.165) is 10.8 Å². The molecule has 2 aromatic rings. The first-order chi connectivity index (χ1) is 8.83. The number of ether oxygens (including phenoxy) is 1. The van der Waals surface area contributed by atoms with Crippen LogP contribution in [0.5, 0.6) is 11.5 Å². The van der Waals surface area contributed by atoms with Gasteiger partial charge < -0.3 is 8.92 Å². The molecule has 2 aromatic carbocycles. The Morgan fingerprint density at radius 2 is 1.58 bits per heavy atom. The minimum Gasteiger partial charge on any atom is -0.427 e. The number of benzene rings is 2. The van der Waals surface area contributed by atoms with Crippen LogP contribution in [0.1, 0.15) is 6.92 Å². The fraction of sp³-hybridized carbons (Fsp3) is 0.0833. The van der Waals surface area contributed by atoms with Gasteiger partial charge in [0, 0.05) is 6.92 Å². The van der Waals surface area contributed by atoms with Crippen molar-refractivity contribution < 1.29 is 22.1 Å². The van der Waals surface area contributed by atoms with Crippen LogP contribution in [-0.4, -0.2) is 14.4 Å². The Hall–Kier alpha value is -1.79. The highest BCUT2D eigenvalue weighted by molar-refractivity contribution is 8.10. The summed E-state index contributed by atoms with van der Waals surface area (Å²) in [6.07, 6.45) is 0. The first-order valence-electron chi connectivity index (χ1n) is 5.20. The third-order valence-corrected chi connectivity index (χ3v) is 2.82. The predicted molar refractivity (Wildman–Crippen MR) is 70.7 cm³/mol. The summed E-state index contributed by atoms with van der Waals surface area (Å²) in [4.78, 5) is 10.8. The van der Waals surface area contributed by atoms with Crippen LogP contribution in [-0.2, 0) is 14.1 Å². The van der Waals surface area contributed by atoms with Crippen LogP contribution in [0.4, 0.5) is 0 Å². The topological polar surface area (TPSA) is 69.7 Å². The average molecular weight is 301 g/mol. The minimum absolute atomic E-state index is 0.114. The number of hydrogen-bond acceptors (Lipinski definition) is 5. The lowest BCUT2D eigenvalue weighted by Gasteiger charge is -2.05. The Labute approximate surface area is 114 Å². The van der Waals surface area contributed by atoms with E-state index in [1.165, 1.54) is 19.1 Å². The number of carbonyl (C=O) groups is 1. The van der Waals surface area contributed by atoms with Crippen molar-refractivity contribution in [3.8, 4) is 11.5 Å². The summed E-state index contributed by atoms with van der Waals surface area (Å²) in [7, 11) is 0.927. The van der Waals surface area contributed by atoms with E-state index < -0.39 is 15.3 Å². The van der Waals surface area contributed by atoms with Gasteiger partial charge in [0.15, 0.2) is 0 Å². The zero-order chi connectivity index (χ0) is 14.0. The smallest absolute Gasteiger partial charge is 0.401 e.